The highest BCUT2D eigenvalue weighted by atomic mass is 16.6. The first-order valence-corrected chi connectivity index (χ1v) is 5.30. The standard InChI is InChI=1S/C10H17NO4/c1-7-3-4-8(2)9(5-7)15-10(12)6-11(13)14/h7-9H,3-6H2,1-2H3/t7-,8-,9-/m0/s1. The Labute approximate surface area is 88.9 Å². The lowest BCUT2D eigenvalue weighted by Crippen LogP contribution is -2.33. The molecule has 0 aliphatic heterocycles. The number of ether oxygens (including phenoxy) is 1. The van der Waals surface area contributed by atoms with Crippen molar-refractivity contribution < 1.29 is 14.5 Å². The van der Waals surface area contributed by atoms with E-state index in [9.17, 15) is 14.9 Å². The molecule has 0 spiro atoms. The fourth-order valence-corrected chi connectivity index (χ4v) is 1.96. The number of nitrogens with zero attached hydrogens (tertiary/aromatic N) is 1. The molecule has 1 fully saturated rings. The van der Waals surface area contributed by atoms with Crippen molar-refractivity contribution in [3.63, 3.8) is 0 Å². The van der Waals surface area contributed by atoms with Crippen molar-refractivity contribution in [1.29, 1.82) is 0 Å². The molecule has 1 aliphatic rings. The minimum absolute atomic E-state index is 0.138. The molecule has 0 amide bonds. The maximum Gasteiger partial charge on any atom is 0.378 e. The van der Waals surface area contributed by atoms with Gasteiger partial charge in [0.2, 0.25) is 0 Å². The number of carbonyl (C=O) groups excluding carboxylic acids is 1. The SMILES string of the molecule is C[C@H]1CC[C@H](C)[C@@H](OC(=O)C[N+](=O)[O-])C1. The lowest BCUT2D eigenvalue weighted by Gasteiger charge is -2.31. The molecule has 0 unspecified atom stereocenters. The molecule has 0 aromatic heterocycles. The number of hydrogen-bond donors (Lipinski definition) is 0. The zero-order chi connectivity index (χ0) is 11.4. The lowest BCUT2D eigenvalue weighted by atomic mass is 9.82. The van der Waals surface area contributed by atoms with Crippen LogP contribution in [0.5, 0.6) is 0 Å². The third-order valence-electron chi connectivity index (χ3n) is 2.93. The molecule has 1 aliphatic carbocycles. The summed E-state index contributed by atoms with van der Waals surface area (Å²) >= 11 is 0. The zero-order valence-corrected chi connectivity index (χ0v) is 9.14. The van der Waals surface area contributed by atoms with E-state index in [-0.39, 0.29) is 6.10 Å². The minimum atomic E-state index is -0.725. The van der Waals surface area contributed by atoms with E-state index in [1.165, 1.54) is 0 Å². The molecule has 0 radical (unpaired) electrons. The van der Waals surface area contributed by atoms with Gasteiger partial charge in [-0.2, -0.15) is 0 Å². The second kappa shape index (κ2) is 5.09. The van der Waals surface area contributed by atoms with Crippen LogP contribution in [0.3, 0.4) is 0 Å². The summed E-state index contributed by atoms with van der Waals surface area (Å²) in [5.74, 6) is 0.137. The molecule has 0 bridgehead atoms. The topological polar surface area (TPSA) is 69.4 Å². The summed E-state index contributed by atoms with van der Waals surface area (Å²) in [5.41, 5.74) is 0. The maximum absolute atomic E-state index is 11.1. The van der Waals surface area contributed by atoms with Gasteiger partial charge in [0, 0.05) is 4.92 Å². The van der Waals surface area contributed by atoms with Crippen LogP contribution in [0.1, 0.15) is 33.1 Å². The van der Waals surface area contributed by atoms with Crippen LogP contribution in [-0.4, -0.2) is 23.5 Å². The predicted octanol–water partition coefficient (Wildman–Crippen LogP) is 1.63. The van der Waals surface area contributed by atoms with Gasteiger partial charge in [-0.25, -0.2) is 4.79 Å². The molecule has 0 heterocycles. The molecule has 1 rings (SSSR count). The second-order valence-corrected chi connectivity index (χ2v) is 4.41. The Bertz CT molecular complexity index is 254. The Kier molecular flexibility index (Phi) is 4.05. The molecular weight excluding hydrogens is 198 g/mol. The van der Waals surface area contributed by atoms with Crippen molar-refractivity contribution >= 4 is 5.97 Å². The first kappa shape index (κ1) is 11.9. The monoisotopic (exact) mass is 215 g/mol. The van der Waals surface area contributed by atoms with E-state index in [2.05, 4.69) is 6.92 Å². The van der Waals surface area contributed by atoms with Crippen molar-refractivity contribution in [2.24, 2.45) is 11.8 Å². The highest BCUT2D eigenvalue weighted by Crippen LogP contribution is 2.30. The van der Waals surface area contributed by atoms with Crippen LogP contribution in [-0.2, 0) is 9.53 Å². The second-order valence-electron chi connectivity index (χ2n) is 4.41. The maximum atomic E-state index is 11.1. The Morgan fingerprint density at radius 3 is 2.73 bits per heavy atom. The summed E-state index contributed by atoms with van der Waals surface area (Å²) in [6, 6.07) is 0. The average Bonchev–Trinajstić information content (AvgIpc) is 2.10. The Balaban J connectivity index is 2.41. The normalized spacial score (nSPS) is 30.9. The predicted molar refractivity (Wildman–Crippen MR) is 53.9 cm³/mol. The first-order valence-electron chi connectivity index (χ1n) is 5.30. The average molecular weight is 215 g/mol. The summed E-state index contributed by atoms with van der Waals surface area (Å²) in [6.45, 7) is 3.41. The van der Waals surface area contributed by atoms with Gasteiger partial charge in [-0.1, -0.05) is 20.3 Å². The van der Waals surface area contributed by atoms with Crippen LogP contribution in [0.4, 0.5) is 0 Å². The van der Waals surface area contributed by atoms with E-state index in [1.54, 1.807) is 0 Å². The van der Waals surface area contributed by atoms with Crippen LogP contribution < -0.4 is 0 Å². The van der Waals surface area contributed by atoms with Gasteiger partial charge < -0.3 is 4.74 Å². The van der Waals surface area contributed by atoms with Crippen molar-refractivity contribution in [2.45, 2.75) is 39.2 Å². The Morgan fingerprint density at radius 2 is 2.13 bits per heavy atom. The molecular formula is C10H17NO4. The van der Waals surface area contributed by atoms with Crippen molar-refractivity contribution in [1.82, 2.24) is 0 Å². The number of carbonyl (C=O) groups is 1. The van der Waals surface area contributed by atoms with Gasteiger partial charge in [0.1, 0.15) is 6.10 Å². The van der Waals surface area contributed by atoms with Crippen LogP contribution >= 0.6 is 0 Å². The summed E-state index contributed by atoms with van der Waals surface area (Å²) in [6.07, 6.45) is 2.85. The van der Waals surface area contributed by atoms with Crippen LogP contribution in [0.2, 0.25) is 0 Å². The van der Waals surface area contributed by atoms with E-state index in [4.69, 9.17) is 4.74 Å². The first-order chi connectivity index (χ1) is 6.99. The molecule has 0 aromatic rings. The van der Waals surface area contributed by atoms with Crippen LogP contribution in [0.25, 0.3) is 0 Å². The molecule has 5 nitrogen and oxygen atoms in total. The largest absolute Gasteiger partial charge is 0.457 e. The van der Waals surface area contributed by atoms with Crippen molar-refractivity contribution in [3.05, 3.63) is 10.1 Å². The summed E-state index contributed by atoms with van der Waals surface area (Å²) in [4.78, 5) is 20.6. The zero-order valence-electron chi connectivity index (χ0n) is 9.14. The van der Waals surface area contributed by atoms with E-state index >= 15 is 0 Å². The third kappa shape index (κ3) is 3.85. The van der Waals surface area contributed by atoms with Crippen LogP contribution in [0, 0.1) is 22.0 Å². The molecule has 1 saturated carbocycles. The van der Waals surface area contributed by atoms with Gasteiger partial charge in [0.05, 0.1) is 0 Å². The van der Waals surface area contributed by atoms with E-state index < -0.39 is 17.4 Å². The molecule has 0 saturated heterocycles. The summed E-state index contributed by atoms with van der Waals surface area (Å²) in [7, 11) is 0. The van der Waals surface area contributed by atoms with Crippen molar-refractivity contribution in [2.75, 3.05) is 6.54 Å². The minimum Gasteiger partial charge on any atom is -0.457 e. The number of esters is 1. The fraction of sp³-hybridized carbons (Fsp3) is 0.900. The highest BCUT2D eigenvalue weighted by Gasteiger charge is 2.29. The molecule has 0 aromatic carbocycles. The Hall–Kier alpha value is -1.13. The van der Waals surface area contributed by atoms with E-state index in [0.29, 0.717) is 11.8 Å². The number of hydrogen-bond acceptors (Lipinski definition) is 4. The third-order valence-corrected chi connectivity index (χ3v) is 2.93. The smallest absolute Gasteiger partial charge is 0.378 e. The van der Waals surface area contributed by atoms with Gasteiger partial charge in [-0.3, -0.25) is 10.1 Å². The lowest BCUT2D eigenvalue weighted by molar-refractivity contribution is -0.470. The van der Waals surface area contributed by atoms with E-state index in [0.717, 1.165) is 19.3 Å². The van der Waals surface area contributed by atoms with Crippen molar-refractivity contribution in [3.8, 4) is 0 Å². The molecule has 15 heavy (non-hydrogen) atoms. The van der Waals surface area contributed by atoms with Crippen LogP contribution in [0.15, 0.2) is 0 Å². The molecule has 0 N–H and O–H groups in total. The summed E-state index contributed by atoms with van der Waals surface area (Å²) < 4.78 is 5.10. The highest BCUT2D eigenvalue weighted by molar-refractivity contribution is 5.70. The summed E-state index contributed by atoms with van der Waals surface area (Å²) in [5, 5.41) is 10.1. The van der Waals surface area contributed by atoms with Gasteiger partial charge in [0.15, 0.2) is 0 Å². The van der Waals surface area contributed by atoms with Gasteiger partial charge in [-0.15, -0.1) is 0 Å². The molecule has 5 heteroatoms. The van der Waals surface area contributed by atoms with Gasteiger partial charge in [0.25, 0.3) is 6.54 Å². The molecule has 3 atom stereocenters. The number of nitro groups is 1. The van der Waals surface area contributed by atoms with Gasteiger partial charge in [-0.05, 0) is 24.7 Å². The van der Waals surface area contributed by atoms with E-state index in [1.807, 2.05) is 6.92 Å². The van der Waals surface area contributed by atoms with Gasteiger partial charge >= 0.3 is 5.97 Å². The fourth-order valence-electron chi connectivity index (χ4n) is 1.96. The molecule has 86 valence electrons. The number of rotatable bonds is 3. The quantitative estimate of drug-likeness (QED) is 0.407. The Morgan fingerprint density at radius 1 is 1.47 bits per heavy atom.